The molecule has 0 fully saturated rings. The Hall–Kier alpha value is -1.53. The maximum absolute atomic E-state index is 11.6. The van der Waals surface area contributed by atoms with Crippen molar-refractivity contribution in [3.05, 3.63) is 23.7 Å². The average molecular weight is 290 g/mol. The molecule has 0 aliphatic rings. The third kappa shape index (κ3) is 5.76. The van der Waals surface area contributed by atoms with Crippen molar-refractivity contribution in [3.8, 4) is 0 Å². The lowest BCUT2D eigenvalue weighted by atomic mass is 10.2. The number of halogens is 1. The lowest BCUT2D eigenvalue weighted by Crippen LogP contribution is -2.39. The zero-order valence-electron chi connectivity index (χ0n) is 11.1. The van der Waals surface area contributed by atoms with E-state index in [0.717, 1.165) is 5.56 Å². The number of carbonyl (C=O) groups is 2. The molecule has 0 aliphatic carbocycles. The van der Waals surface area contributed by atoms with Gasteiger partial charge < -0.3 is 20.8 Å². The van der Waals surface area contributed by atoms with Gasteiger partial charge in [-0.3, -0.25) is 9.59 Å². The number of carbonyl (C=O) groups excluding carboxylic acids is 2. The fourth-order valence-corrected chi connectivity index (χ4v) is 1.35. The molecule has 19 heavy (non-hydrogen) atoms. The van der Waals surface area contributed by atoms with Crippen LogP contribution in [0.25, 0.3) is 0 Å². The van der Waals surface area contributed by atoms with E-state index in [9.17, 15) is 9.59 Å². The van der Waals surface area contributed by atoms with Gasteiger partial charge in [-0.1, -0.05) is 0 Å². The maximum atomic E-state index is 11.6. The Morgan fingerprint density at radius 1 is 1.37 bits per heavy atom. The van der Waals surface area contributed by atoms with E-state index in [0.29, 0.717) is 25.3 Å². The van der Waals surface area contributed by atoms with Crippen molar-refractivity contribution in [3.63, 3.8) is 0 Å². The lowest BCUT2D eigenvalue weighted by Gasteiger charge is -2.08. The van der Waals surface area contributed by atoms with E-state index in [1.807, 2.05) is 0 Å². The highest BCUT2D eigenvalue weighted by molar-refractivity contribution is 5.92. The van der Waals surface area contributed by atoms with Crippen LogP contribution in [0, 0.1) is 6.92 Å². The molecule has 6 nitrogen and oxygen atoms in total. The molecule has 0 radical (unpaired) electrons. The molecule has 0 spiro atoms. The Labute approximate surface area is 118 Å². The van der Waals surface area contributed by atoms with Crippen molar-refractivity contribution < 1.29 is 14.0 Å². The number of furan rings is 1. The van der Waals surface area contributed by atoms with Gasteiger partial charge in [0.15, 0.2) is 5.76 Å². The molecule has 1 heterocycles. The van der Waals surface area contributed by atoms with Gasteiger partial charge in [0.25, 0.3) is 5.91 Å². The molecular formula is C12H20ClN3O3. The molecule has 1 rings (SSSR count). The first kappa shape index (κ1) is 17.5. The fourth-order valence-electron chi connectivity index (χ4n) is 1.35. The summed E-state index contributed by atoms with van der Waals surface area (Å²) in [6.45, 7) is 4.38. The van der Waals surface area contributed by atoms with E-state index >= 15 is 0 Å². The van der Waals surface area contributed by atoms with Crippen molar-refractivity contribution in [2.24, 2.45) is 5.73 Å². The van der Waals surface area contributed by atoms with Crippen LogP contribution >= 0.6 is 12.4 Å². The Bertz CT molecular complexity index is 418. The molecule has 108 valence electrons. The standard InChI is InChI=1S/C12H19N3O3.ClH/c1-8-4-7-18-10(8)12(17)15-6-3-5-14-11(16)9(2)13;/h4,7,9H,3,5-6,13H2,1-2H3,(H,14,16)(H,15,17);1H/t9-;/m0./s1. The summed E-state index contributed by atoms with van der Waals surface area (Å²) in [6.07, 6.45) is 2.12. The van der Waals surface area contributed by atoms with Gasteiger partial charge in [-0.05, 0) is 26.3 Å². The number of nitrogens with one attached hydrogen (secondary N) is 2. The zero-order valence-corrected chi connectivity index (χ0v) is 11.9. The van der Waals surface area contributed by atoms with Crippen molar-refractivity contribution >= 4 is 24.2 Å². The monoisotopic (exact) mass is 289 g/mol. The molecule has 4 N–H and O–H groups in total. The zero-order chi connectivity index (χ0) is 13.5. The van der Waals surface area contributed by atoms with Gasteiger partial charge in [0, 0.05) is 18.7 Å². The van der Waals surface area contributed by atoms with Crippen molar-refractivity contribution in [1.82, 2.24) is 10.6 Å². The maximum Gasteiger partial charge on any atom is 0.287 e. The minimum absolute atomic E-state index is 0. The lowest BCUT2D eigenvalue weighted by molar-refractivity contribution is -0.121. The highest BCUT2D eigenvalue weighted by Crippen LogP contribution is 2.07. The van der Waals surface area contributed by atoms with Gasteiger partial charge in [0.2, 0.25) is 5.91 Å². The molecule has 0 bridgehead atoms. The van der Waals surface area contributed by atoms with Crippen LogP contribution in [-0.4, -0.2) is 30.9 Å². The largest absolute Gasteiger partial charge is 0.459 e. The van der Waals surface area contributed by atoms with E-state index in [1.54, 1.807) is 19.9 Å². The Balaban J connectivity index is 0.00000324. The summed E-state index contributed by atoms with van der Waals surface area (Å²) in [5.41, 5.74) is 6.19. The highest BCUT2D eigenvalue weighted by Gasteiger charge is 2.11. The molecule has 1 aromatic heterocycles. The summed E-state index contributed by atoms with van der Waals surface area (Å²) in [7, 11) is 0. The van der Waals surface area contributed by atoms with E-state index < -0.39 is 6.04 Å². The topological polar surface area (TPSA) is 97.4 Å². The van der Waals surface area contributed by atoms with Crippen LogP contribution in [0.5, 0.6) is 0 Å². The highest BCUT2D eigenvalue weighted by atomic mass is 35.5. The summed E-state index contributed by atoms with van der Waals surface area (Å²) in [6, 6.07) is 1.22. The molecule has 0 aromatic carbocycles. The van der Waals surface area contributed by atoms with Crippen LogP contribution in [-0.2, 0) is 4.79 Å². The van der Waals surface area contributed by atoms with Crippen molar-refractivity contribution in [1.29, 1.82) is 0 Å². The SMILES string of the molecule is Cc1ccoc1C(=O)NCCCNC(=O)[C@H](C)N.Cl. The first-order valence-corrected chi connectivity index (χ1v) is 5.88. The molecule has 1 aromatic rings. The van der Waals surface area contributed by atoms with Gasteiger partial charge >= 0.3 is 0 Å². The number of hydrogen-bond donors (Lipinski definition) is 3. The fraction of sp³-hybridized carbons (Fsp3) is 0.500. The van der Waals surface area contributed by atoms with Crippen molar-refractivity contribution in [2.45, 2.75) is 26.3 Å². The third-order valence-corrected chi connectivity index (χ3v) is 2.42. The van der Waals surface area contributed by atoms with E-state index in [-0.39, 0.29) is 24.2 Å². The smallest absolute Gasteiger partial charge is 0.287 e. The Kier molecular flexibility index (Phi) is 7.86. The minimum Gasteiger partial charge on any atom is -0.459 e. The molecule has 7 heteroatoms. The molecule has 0 saturated heterocycles. The van der Waals surface area contributed by atoms with Crippen LogP contribution in [0.15, 0.2) is 16.7 Å². The van der Waals surface area contributed by atoms with E-state index in [4.69, 9.17) is 10.2 Å². The predicted octanol–water partition coefficient (Wildman–Crippen LogP) is 0.593. The summed E-state index contributed by atoms with van der Waals surface area (Å²) in [5.74, 6) is -0.103. The molecule has 0 unspecified atom stereocenters. The van der Waals surface area contributed by atoms with E-state index in [2.05, 4.69) is 10.6 Å². The van der Waals surface area contributed by atoms with Crippen LogP contribution < -0.4 is 16.4 Å². The van der Waals surface area contributed by atoms with Crippen molar-refractivity contribution in [2.75, 3.05) is 13.1 Å². The Morgan fingerprint density at radius 2 is 2.00 bits per heavy atom. The van der Waals surface area contributed by atoms with Crippen LogP contribution in [0.3, 0.4) is 0 Å². The summed E-state index contributed by atoms with van der Waals surface area (Å²) >= 11 is 0. The van der Waals surface area contributed by atoms with Gasteiger partial charge in [0.05, 0.1) is 12.3 Å². The second-order valence-corrected chi connectivity index (χ2v) is 4.12. The summed E-state index contributed by atoms with van der Waals surface area (Å²) < 4.78 is 5.05. The molecule has 0 saturated carbocycles. The second kappa shape index (κ2) is 8.55. The van der Waals surface area contributed by atoms with Gasteiger partial charge in [0.1, 0.15) is 0 Å². The quantitative estimate of drug-likeness (QED) is 0.668. The number of hydrogen-bond acceptors (Lipinski definition) is 4. The molecule has 2 amide bonds. The van der Waals surface area contributed by atoms with Gasteiger partial charge in [-0.2, -0.15) is 0 Å². The Morgan fingerprint density at radius 3 is 2.53 bits per heavy atom. The molecule has 0 aliphatic heterocycles. The number of aryl methyl sites for hydroxylation is 1. The van der Waals surface area contributed by atoms with E-state index in [1.165, 1.54) is 6.26 Å². The minimum atomic E-state index is -0.509. The third-order valence-electron chi connectivity index (χ3n) is 2.42. The molecule has 1 atom stereocenters. The van der Waals surface area contributed by atoms with Crippen LogP contribution in [0.2, 0.25) is 0 Å². The van der Waals surface area contributed by atoms with Gasteiger partial charge in [-0.15, -0.1) is 12.4 Å². The molecular weight excluding hydrogens is 270 g/mol. The first-order valence-electron chi connectivity index (χ1n) is 5.88. The predicted molar refractivity (Wildman–Crippen MR) is 74.3 cm³/mol. The normalized spacial score (nSPS) is 11.3. The number of rotatable bonds is 6. The number of nitrogens with two attached hydrogens (primary N) is 1. The van der Waals surface area contributed by atoms with Crippen LogP contribution in [0.1, 0.15) is 29.5 Å². The first-order chi connectivity index (χ1) is 8.52. The number of amides is 2. The summed E-state index contributed by atoms with van der Waals surface area (Å²) in [5, 5.41) is 5.38. The average Bonchev–Trinajstić information content (AvgIpc) is 2.74. The van der Waals surface area contributed by atoms with Gasteiger partial charge in [-0.25, -0.2) is 0 Å². The second-order valence-electron chi connectivity index (χ2n) is 4.12. The summed E-state index contributed by atoms with van der Waals surface area (Å²) in [4.78, 5) is 22.8. The van der Waals surface area contributed by atoms with Crippen LogP contribution in [0.4, 0.5) is 0 Å².